The third-order valence-corrected chi connectivity index (χ3v) is 3.66. The van der Waals surface area contributed by atoms with E-state index in [0.717, 1.165) is 17.9 Å². The average Bonchev–Trinajstić information content (AvgIpc) is 2.53. The smallest absolute Gasteiger partial charge is 0.0147 e. The second kappa shape index (κ2) is 4.99. The summed E-state index contributed by atoms with van der Waals surface area (Å²) < 4.78 is 0. The molecule has 0 bridgehead atoms. The average molecular weight is 183 g/mol. The van der Waals surface area contributed by atoms with E-state index in [4.69, 9.17) is 0 Å². The third kappa shape index (κ3) is 2.25. The molecule has 0 spiro atoms. The molecule has 1 heteroatoms. The van der Waals surface area contributed by atoms with Gasteiger partial charge in [0.25, 0.3) is 0 Å². The summed E-state index contributed by atoms with van der Waals surface area (Å²) in [5, 5.41) is 0. The quantitative estimate of drug-likeness (QED) is 0.557. The molecule has 0 amide bonds. The van der Waals surface area contributed by atoms with Gasteiger partial charge in [0.2, 0.25) is 0 Å². The van der Waals surface area contributed by atoms with Gasteiger partial charge in [0.1, 0.15) is 0 Å². The first-order chi connectivity index (χ1) is 6.29. The molecule has 1 heterocycles. The molecule has 2 aliphatic rings. The van der Waals surface area contributed by atoms with Crippen molar-refractivity contribution in [1.82, 2.24) is 4.90 Å². The van der Waals surface area contributed by atoms with Gasteiger partial charge >= 0.3 is 0 Å². The van der Waals surface area contributed by atoms with Crippen LogP contribution in [0.4, 0.5) is 0 Å². The van der Waals surface area contributed by atoms with E-state index in [1.807, 2.05) is 13.8 Å². The summed E-state index contributed by atoms with van der Waals surface area (Å²) in [6.07, 6.45) is 5.91. The number of fused-ring (bicyclic) bond motifs is 1. The fourth-order valence-corrected chi connectivity index (χ4v) is 3.14. The molecule has 0 radical (unpaired) electrons. The molecule has 0 aromatic rings. The summed E-state index contributed by atoms with van der Waals surface area (Å²) in [6.45, 7) is 7.78. The van der Waals surface area contributed by atoms with Gasteiger partial charge in [-0.25, -0.2) is 0 Å². The molecule has 2 rings (SSSR count). The number of likely N-dealkylation sites (tertiary alicyclic amines) is 1. The highest BCUT2D eigenvalue weighted by Crippen LogP contribution is 2.38. The molecular formula is C12H25N. The molecule has 1 saturated heterocycles. The lowest BCUT2D eigenvalue weighted by Gasteiger charge is -2.35. The zero-order valence-electron chi connectivity index (χ0n) is 9.71. The second-order valence-corrected chi connectivity index (χ2v) is 4.43. The van der Waals surface area contributed by atoms with Crippen LogP contribution in [0.5, 0.6) is 0 Å². The van der Waals surface area contributed by atoms with Gasteiger partial charge in [-0.3, -0.25) is 0 Å². The summed E-state index contributed by atoms with van der Waals surface area (Å²) in [5.41, 5.74) is 0. The van der Waals surface area contributed by atoms with Gasteiger partial charge in [-0.1, -0.05) is 27.2 Å². The van der Waals surface area contributed by atoms with Crippen molar-refractivity contribution in [2.75, 3.05) is 13.6 Å². The minimum Gasteiger partial charge on any atom is -0.303 e. The van der Waals surface area contributed by atoms with Gasteiger partial charge in [-0.2, -0.15) is 0 Å². The van der Waals surface area contributed by atoms with Crippen molar-refractivity contribution >= 4 is 0 Å². The summed E-state index contributed by atoms with van der Waals surface area (Å²) in [6, 6.07) is 0.934. The van der Waals surface area contributed by atoms with Crippen LogP contribution in [0.1, 0.15) is 46.5 Å². The van der Waals surface area contributed by atoms with Crippen LogP contribution in [-0.2, 0) is 0 Å². The zero-order valence-corrected chi connectivity index (χ0v) is 9.71. The summed E-state index contributed by atoms with van der Waals surface area (Å²) in [5.74, 6) is 2.00. The molecule has 3 atom stereocenters. The second-order valence-electron chi connectivity index (χ2n) is 4.43. The fourth-order valence-electron chi connectivity index (χ4n) is 3.14. The summed E-state index contributed by atoms with van der Waals surface area (Å²) >= 11 is 0. The van der Waals surface area contributed by atoms with Crippen molar-refractivity contribution in [3.05, 3.63) is 0 Å². The Kier molecular flexibility index (Phi) is 4.24. The predicted molar refractivity (Wildman–Crippen MR) is 58.9 cm³/mol. The molecule has 1 unspecified atom stereocenters. The molecule has 1 saturated carbocycles. The van der Waals surface area contributed by atoms with Crippen LogP contribution in [0.3, 0.4) is 0 Å². The Morgan fingerprint density at radius 3 is 2.38 bits per heavy atom. The highest BCUT2D eigenvalue weighted by atomic mass is 15.2. The zero-order chi connectivity index (χ0) is 9.84. The molecule has 0 aromatic heterocycles. The van der Waals surface area contributed by atoms with Gasteiger partial charge in [-0.15, -0.1) is 0 Å². The monoisotopic (exact) mass is 183 g/mol. The maximum atomic E-state index is 2.58. The third-order valence-electron chi connectivity index (χ3n) is 3.66. The van der Waals surface area contributed by atoms with Crippen LogP contribution < -0.4 is 0 Å². The Bertz CT molecular complexity index is 142. The molecule has 13 heavy (non-hydrogen) atoms. The molecule has 1 nitrogen and oxygen atoms in total. The lowest BCUT2D eigenvalue weighted by Crippen LogP contribution is -2.37. The van der Waals surface area contributed by atoms with Gasteiger partial charge in [0.15, 0.2) is 0 Å². The molecular weight excluding hydrogens is 158 g/mol. The van der Waals surface area contributed by atoms with E-state index < -0.39 is 0 Å². The van der Waals surface area contributed by atoms with Gasteiger partial charge in [0.05, 0.1) is 0 Å². The lowest BCUT2D eigenvalue weighted by atomic mass is 9.78. The first kappa shape index (κ1) is 11.0. The SMILES string of the molecule is CC.CC1CCC[C@H]2CCN(C)[C@H]12. The minimum absolute atomic E-state index is 0.934. The van der Waals surface area contributed by atoms with E-state index in [0.29, 0.717) is 0 Å². The normalized spacial score (nSPS) is 39.2. The van der Waals surface area contributed by atoms with Crippen LogP contribution in [-0.4, -0.2) is 24.5 Å². The van der Waals surface area contributed by atoms with E-state index in [2.05, 4.69) is 18.9 Å². The number of hydrogen-bond acceptors (Lipinski definition) is 1. The van der Waals surface area contributed by atoms with Crippen LogP contribution in [0.25, 0.3) is 0 Å². The number of rotatable bonds is 0. The van der Waals surface area contributed by atoms with E-state index in [1.165, 1.54) is 32.2 Å². The highest BCUT2D eigenvalue weighted by molar-refractivity contribution is 4.91. The molecule has 0 aromatic carbocycles. The number of hydrogen-bond donors (Lipinski definition) is 0. The Labute approximate surface area is 83.5 Å². The summed E-state index contributed by atoms with van der Waals surface area (Å²) in [7, 11) is 2.30. The first-order valence-corrected chi connectivity index (χ1v) is 5.99. The topological polar surface area (TPSA) is 3.24 Å². The molecule has 78 valence electrons. The van der Waals surface area contributed by atoms with E-state index in [1.54, 1.807) is 0 Å². The van der Waals surface area contributed by atoms with Gasteiger partial charge < -0.3 is 4.90 Å². The maximum Gasteiger partial charge on any atom is 0.0147 e. The largest absolute Gasteiger partial charge is 0.303 e. The maximum absolute atomic E-state index is 2.58. The number of nitrogens with zero attached hydrogens (tertiary/aromatic N) is 1. The summed E-state index contributed by atoms with van der Waals surface area (Å²) in [4.78, 5) is 2.58. The Balaban J connectivity index is 0.000000396. The predicted octanol–water partition coefficient (Wildman–Crippen LogP) is 3.15. The van der Waals surface area contributed by atoms with Gasteiger partial charge in [0, 0.05) is 6.04 Å². The van der Waals surface area contributed by atoms with E-state index in [9.17, 15) is 0 Å². The molecule has 0 N–H and O–H groups in total. The van der Waals surface area contributed by atoms with Crippen LogP contribution in [0, 0.1) is 11.8 Å². The molecule has 2 fully saturated rings. The van der Waals surface area contributed by atoms with E-state index in [-0.39, 0.29) is 0 Å². The Morgan fingerprint density at radius 1 is 1.08 bits per heavy atom. The van der Waals surface area contributed by atoms with Crippen molar-refractivity contribution < 1.29 is 0 Å². The molecule has 1 aliphatic carbocycles. The first-order valence-electron chi connectivity index (χ1n) is 5.99. The minimum atomic E-state index is 0.934. The van der Waals surface area contributed by atoms with E-state index >= 15 is 0 Å². The highest BCUT2D eigenvalue weighted by Gasteiger charge is 2.37. The fraction of sp³-hybridized carbons (Fsp3) is 1.00. The standard InChI is InChI=1S/C10H19N.C2H6/c1-8-4-3-5-9-6-7-11(2)10(8)9;1-2/h8-10H,3-7H2,1-2H3;1-2H3/t8?,9-,10+;/m0./s1. The Hall–Kier alpha value is -0.0400. The van der Waals surface area contributed by atoms with Crippen LogP contribution >= 0.6 is 0 Å². The molecule has 1 aliphatic heterocycles. The lowest BCUT2D eigenvalue weighted by molar-refractivity contribution is 0.153. The van der Waals surface area contributed by atoms with Gasteiger partial charge in [-0.05, 0) is 44.7 Å². The van der Waals surface area contributed by atoms with Crippen LogP contribution in [0.15, 0.2) is 0 Å². The Morgan fingerprint density at radius 2 is 1.77 bits per heavy atom. The van der Waals surface area contributed by atoms with Crippen molar-refractivity contribution in [2.45, 2.75) is 52.5 Å². The van der Waals surface area contributed by atoms with Crippen molar-refractivity contribution in [3.8, 4) is 0 Å². The van der Waals surface area contributed by atoms with Crippen molar-refractivity contribution in [3.63, 3.8) is 0 Å². The van der Waals surface area contributed by atoms with Crippen molar-refractivity contribution in [2.24, 2.45) is 11.8 Å². The van der Waals surface area contributed by atoms with Crippen molar-refractivity contribution in [1.29, 1.82) is 0 Å². The van der Waals surface area contributed by atoms with Crippen LogP contribution in [0.2, 0.25) is 0 Å².